The number of fused-ring (bicyclic) bond motifs is 2. The molecule has 1 aromatic rings. The molecule has 23 heavy (non-hydrogen) atoms. The van der Waals surface area contributed by atoms with Crippen LogP contribution in [0.3, 0.4) is 0 Å². The quantitative estimate of drug-likeness (QED) is 0.868. The molecule has 1 fully saturated rings. The summed E-state index contributed by atoms with van der Waals surface area (Å²) in [7, 11) is 0. The first-order valence-electron chi connectivity index (χ1n) is 8.46. The predicted octanol–water partition coefficient (Wildman–Crippen LogP) is 2.83. The lowest BCUT2D eigenvalue weighted by Gasteiger charge is -2.21. The molecule has 1 saturated heterocycles. The van der Waals surface area contributed by atoms with Gasteiger partial charge in [-0.2, -0.15) is 0 Å². The molecule has 0 unspecified atom stereocenters. The molecule has 0 saturated carbocycles. The Hall–Kier alpha value is -1.62. The van der Waals surface area contributed by atoms with Gasteiger partial charge >= 0.3 is 0 Å². The van der Waals surface area contributed by atoms with Crippen LogP contribution in [0.1, 0.15) is 54.1 Å². The SMILES string of the molecule is CCCCCc1c(F)c(C)cc2c1C(=O)N1C[C@@H](O)C[C@@H]1CO2. The van der Waals surface area contributed by atoms with Crippen LogP contribution in [0.2, 0.25) is 0 Å². The van der Waals surface area contributed by atoms with Crippen molar-refractivity contribution in [1.82, 2.24) is 4.90 Å². The van der Waals surface area contributed by atoms with Gasteiger partial charge in [0.15, 0.2) is 0 Å². The van der Waals surface area contributed by atoms with Crippen LogP contribution in [-0.2, 0) is 6.42 Å². The van der Waals surface area contributed by atoms with E-state index in [2.05, 4.69) is 6.92 Å². The highest BCUT2D eigenvalue weighted by molar-refractivity contribution is 5.99. The minimum absolute atomic E-state index is 0.128. The van der Waals surface area contributed by atoms with Gasteiger partial charge in [-0.15, -0.1) is 0 Å². The summed E-state index contributed by atoms with van der Waals surface area (Å²) in [5, 5.41) is 9.84. The van der Waals surface area contributed by atoms with Crippen molar-refractivity contribution in [2.75, 3.05) is 13.2 Å². The second-order valence-corrected chi connectivity index (χ2v) is 6.63. The molecule has 1 amide bonds. The molecule has 0 bridgehead atoms. The van der Waals surface area contributed by atoms with Crippen LogP contribution in [-0.4, -0.2) is 41.2 Å². The maximum absolute atomic E-state index is 14.7. The molecule has 0 aromatic heterocycles. The number of rotatable bonds is 4. The Morgan fingerprint density at radius 2 is 2.22 bits per heavy atom. The molecule has 0 spiro atoms. The second-order valence-electron chi connectivity index (χ2n) is 6.63. The average Bonchev–Trinajstić information content (AvgIpc) is 2.84. The second kappa shape index (κ2) is 6.48. The van der Waals surface area contributed by atoms with Crippen molar-refractivity contribution in [3.05, 3.63) is 28.6 Å². The van der Waals surface area contributed by atoms with Gasteiger partial charge in [-0.3, -0.25) is 4.79 Å². The van der Waals surface area contributed by atoms with E-state index < -0.39 is 6.10 Å². The van der Waals surface area contributed by atoms with Gasteiger partial charge in [0, 0.05) is 12.1 Å². The molecule has 1 aromatic carbocycles. The molecule has 0 aliphatic carbocycles. The zero-order valence-corrected chi connectivity index (χ0v) is 13.8. The number of aliphatic hydroxyl groups excluding tert-OH is 1. The molecule has 0 radical (unpaired) electrons. The zero-order valence-electron chi connectivity index (χ0n) is 13.8. The first-order chi connectivity index (χ1) is 11.0. The molecule has 5 heteroatoms. The molecule has 2 aliphatic heterocycles. The van der Waals surface area contributed by atoms with Crippen molar-refractivity contribution in [3.8, 4) is 5.75 Å². The Bertz CT molecular complexity index is 617. The number of unbranched alkanes of at least 4 members (excludes halogenated alkanes) is 2. The van der Waals surface area contributed by atoms with Crippen molar-refractivity contribution >= 4 is 5.91 Å². The van der Waals surface area contributed by atoms with Gasteiger partial charge in [0.05, 0.1) is 17.7 Å². The number of benzene rings is 1. The van der Waals surface area contributed by atoms with Gasteiger partial charge in [0.25, 0.3) is 5.91 Å². The van der Waals surface area contributed by atoms with Gasteiger partial charge in [0.1, 0.15) is 18.2 Å². The summed E-state index contributed by atoms with van der Waals surface area (Å²) in [5.74, 6) is -0.0104. The number of nitrogens with zero attached hydrogens (tertiary/aromatic N) is 1. The van der Waals surface area contributed by atoms with Gasteiger partial charge in [0.2, 0.25) is 0 Å². The molecule has 2 aliphatic rings. The van der Waals surface area contributed by atoms with Crippen molar-refractivity contribution in [3.63, 3.8) is 0 Å². The normalized spacial score (nSPS) is 23.3. The van der Waals surface area contributed by atoms with Crippen LogP contribution in [0.15, 0.2) is 6.07 Å². The smallest absolute Gasteiger partial charge is 0.258 e. The summed E-state index contributed by atoms with van der Waals surface area (Å²) in [4.78, 5) is 14.6. The van der Waals surface area contributed by atoms with E-state index in [0.717, 1.165) is 19.3 Å². The Morgan fingerprint density at radius 1 is 1.43 bits per heavy atom. The lowest BCUT2D eigenvalue weighted by Crippen LogP contribution is -2.37. The van der Waals surface area contributed by atoms with E-state index in [1.54, 1.807) is 17.9 Å². The molecule has 4 nitrogen and oxygen atoms in total. The van der Waals surface area contributed by atoms with Crippen LogP contribution in [0, 0.1) is 12.7 Å². The van der Waals surface area contributed by atoms with E-state index in [1.807, 2.05) is 0 Å². The van der Waals surface area contributed by atoms with E-state index in [4.69, 9.17) is 4.74 Å². The Morgan fingerprint density at radius 3 is 2.96 bits per heavy atom. The monoisotopic (exact) mass is 321 g/mol. The maximum atomic E-state index is 14.7. The van der Waals surface area contributed by atoms with Crippen LogP contribution in [0.5, 0.6) is 5.75 Å². The maximum Gasteiger partial charge on any atom is 0.258 e. The summed E-state index contributed by atoms with van der Waals surface area (Å²) >= 11 is 0. The van der Waals surface area contributed by atoms with Crippen LogP contribution >= 0.6 is 0 Å². The number of halogens is 1. The standard InChI is InChI=1S/C18H24FNO3/c1-3-4-5-6-14-16-15(7-11(2)17(14)19)23-10-12-8-13(21)9-20(12)18(16)22/h7,12-13,21H,3-6,8-10H2,1-2H3/t12-,13+/m1/s1. The fourth-order valence-electron chi connectivity index (χ4n) is 3.59. The number of amides is 1. The summed E-state index contributed by atoms with van der Waals surface area (Å²) in [6.45, 7) is 4.46. The van der Waals surface area contributed by atoms with Crippen LogP contribution in [0.25, 0.3) is 0 Å². The number of aliphatic hydroxyl groups is 1. The van der Waals surface area contributed by atoms with Crippen molar-refractivity contribution in [1.29, 1.82) is 0 Å². The first kappa shape index (κ1) is 16.2. The third-order valence-electron chi connectivity index (χ3n) is 4.84. The molecular formula is C18H24FNO3. The zero-order chi connectivity index (χ0) is 16.6. The highest BCUT2D eigenvalue weighted by atomic mass is 19.1. The molecule has 3 rings (SSSR count). The predicted molar refractivity (Wildman–Crippen MR) is 85.3 cm³/mol. The van der Waals surface area contributed by atoms with Gasteiger partial charge < -0.3 is 14.7 Å². The van der Waals surface area contributed by atoms with E-state index in [1.165, 1.54) is 0 Å². The first-order valence-corrected chi connectivity index (χ1v) is 8.46. The Balaban J connectivity index is 2.02. The van der Waals surface area contributed by atoms with E-state index >= 15 is 0 Å². The van der Waals surface area contributed by atoms with E-state index in [0.29, 0.717) is 48.4 Å². The number of hydrogen-bond donors (Lipinski definition) is 1. The fourth-order valence-corrected chi connectivity index (χ4v) is 3.59. The topological polar surface area (TPSA) is 49.8 Å². The summed E-state index contributed by atoms with van der Waals surface area (Å²) in [5.41, 5.74) is 1.35. The summed E-state index contributed by atoms with van der Waals surface area (Å²) in [6.07, 6.45) is 3.44. The molecule has 126 valence electrons. The molecule has 2 atom stereocenters. The van der Waals surface area contributed by atoms with Crippen molar-refractivity contribution < 1.29 is 19.0 Å². The van der Waals surface area contributed by atoms with Crippen molar-refractivity contribution in [2.24, 2.45) is 0 Å². The Kier molecular flexibility index (Phi) is 4.57. The lowest BCUT2D eigenvalue weighted by atomic mass is 9.96. The summed E-state index contributed by atoms with van der Waals surface area (Å²) < 4.78 is 20.5. The summed E-state index contributed by atoms with van der Waals surface area (Å²) in [6, 6.07) is 1.50. The minimum Gasteiger partial charge on any atom is -0.491 e. The van der Waals surface area contributed by atoms with Crippen LogP contribution in [0.4, 0.5) is 4.39 Å². The van der Waals surface area contributed by atoms with Gasteiger partial charge in [-0.1, -0.05) is 19.8 Å². The number of aryl methyl sites for hydroxylation is 1. The molecule has 2 heterocycles. The number of carbonyl (C=O) groups excluding carboxylic acids is 1. The van der Waals surface area contributed by atoms with E-state index in [-0.39, 0.29) is 17.8 Å². The van der Waals surface area contributed by atoms with E-state index in [9.17, 15) is 14.3 Å². The van der Waals surface area contributed by atoms with Crippen molar-refractivity contribution in [2.45, 2.75) is 58.1 Å². The lowest BCUT2D eigenvalue weighted by molar-refractivity contribution is 0.0708. The number of hydrogen-bond acceptors (Lipinski definition) is 3. The Labute approximate surface area is 136 Å². The highest BCUT2D eigenvalue weighted by Gasteiger charge is 2.40. The highest BCUT2D eigenvalue weighted by Crippen LogP contribution is 2.35. The molecular weight excluding hydrogens is 297 g/mol. The third kappa shape index (κ3) is 2.94. The molecule has 1 N–H and O–H groups in total. The largest absolute Gasteiger partial charge is 0.491 e. The van der Waals surface area contributed by atoms with Gasteiger partial charge in [-0.25, -0.2) is 4.39 Å². The van der Waals surface area contributed by atoms with Gasteiger partial charge in [-0.05, 0) is 37.8 Å². The minimum atomic E-state index is -0.520. The van der Waals surface area contributed by atoms with Crippen LogP contribution < -0.4 is 4.74 Å². The average molecular weight is 321 g/mol. The number of carbonyl (C=O) groups is 1. The fraction of sp³-hybridized carbons (Fsp3) is 0.611. The third-order valence-corrected chi connectivity index (χ3v) is 4.84. The number of ether oxygens (including phenoxy) is 1.